The zero-order valence-corrected chi connectivity index (χ0v) is 25.8. The Labute approximate surface area is 278 Å². The number of benzene rings is 7. The highest BCUT2D eigenvalue weighted by molar-refractivity contribution is 5.94. The molecular formula is C44H27N3O. The lowest BCUT2D eigenvalue weighted by Crippen LogP contribution is -2.32. The SMILES string of the molecule is c1ccc(-c2nc(-c3ccccc3)nc(-c3ccc4cc5c(cc4c3)Oc3ccccc3C53c4ccccc4-c4ccccc43)n2)cc1. The summed E-state index contributed by atoms with van der Waals surface area (Å²) in [6, 6.07) is 57.2. The number of para-hydroxylation sites is 1. The Balaban J connectivity index is 1.19. The van der Waals surface area contributed by atoms with Crippen molar-refractivity contribution in [3.63, 3.8) is 0 Å². The molecule has 1 aliphatic carbocycles. The van der Waals surface area contributed by atoms with Gasteiger partial charge in [-0.1, -0.05) is 140 Å². The molecule has 10 rings (SSSR count). The van der Waals surface area contributed by atoms with Gasteiger partial charge in [0.25, 0.3) is 0 Å². The van der Waals surface area contributed by atoms with E-state index in [0.29, 0.717) is 17.5 Å². The first-order chi connectivity index (χ1) is 23.8. The van der Waals surface area contributed by atoms with Crippen molar-refractivity contribution in [3.05, 3.63) is 186 Å². The Morgan fingerprint density at radius 2 is 0.875 bits per heavy atom. The second kappa shape index (κ2) is 10.3. The first kappa shape index (κ1) is 26.8. The third kappa shape index (κ3) is 3.86. The Bertz CT molecular complexity index is 2440. The molecule has 7 aromatic carbocycles. The minimum absolute atomic E-state index is 0.492. The van der Waals surface area contributed by atoms with Crippen LogP contribution in [0.25, 0.3) is 56.1 Å². The molecule has 0 amide bonds. The number of nitrogens with zero attached hydrogens (tertiary/aromatic N) is 3. The lowest BCUT2D eigenvalue weighted by molar-refractivity contribution is 0.437. The molecule has 0 saturated heterocycles. The Morgan fingerprint density at radius 3 is 1.50 bits per heavy atom. The Kier molecular flexibility index (Phi) is 5.75. The largest absolute Gasteiger partial charge is 0.457 e. The van der Waals surface area contributed by atoms with Crippen LogP contribution < -0.4 is 4.74 Å². The first-order valence-electron chi connectivity index (χ1n) is 16.2. The summed E-state index contributed by atoms with van der Waals surface area (Å²) in [4.78, 5) is 14.8. The molecule has 48 heavy (non-hydrogen) atoms. The van der Waals surface area contributed by atoms with Gasteiger partial charge in [-0.05, 0) is 57.3 Å². The van der Waals surface area contributed by atoms with E-state index in [1.165, 1.54) is 22.3 Å². The van der Waals surface area contributed by atoms with Crippen LogP contribution in [0.3, 0.4) is 0 Å². The summed E-state index contributed by atoms with van der Waals surface area (Å²) in [6.45, 7) is 0. The van der Waals surface area contributed by atoms with Crippen LogP contribution in [0.1, 0.15) is 22.3 Å². The van der Waals surface area contributed by atoms with Gasteiger partial charge in [-0.25, -0.2) is 15.0 Å². The third-order valence-corrected chi connectivity index (χ3v) is 9.76. The van der Waals surface area contributed by atoms with E-state index < -0.39 is 5.41 Å². The van der Waals surface area contributed by atoms with E-state index in [1.807, 2.05) is 60.7 Å². The lowest BCUT2D eigenvalue weighted by Gasteiger charge is -2.39. The minimum atomic E-state index is -0.492. The van der Waals surface area contributed by atoms with Crippen LogP contribution in [-0.4, -0.2) is 15.0 Å². The summed E-state index contributed by atoms with van der Waals surface area (Å²) in [5, 5.41) is 2.19. The number of aromatic nitrogens is 3. The van der Waals surface area contributed by atoms with Gasteiger partial charge in [-0.15, -0.1) is 0 Å². The normalized spacial score (nSPS) is 13.3. The number of hydrogen-bond donors (Lipinski definition) is 0. The van der Waals surface area contributed by atoms with Gasteiger partial charge in [-0.3, -0.25) is 0 Å². The number of hydrogen-bond acceptors (Lipinski definition) is 4. The fraction of sp³-hybridized carbons (Fsp3) is 0.0227. The minimum Gasteiger partial charge on any atom is -0.457 e. The van der Waals surface area contributed by atoms with E-state index in [1.54, 1.807) is 0 Å². The van der Waals surface area contributed by atoms with Gasteiger partial charge in [-0.2, -0.15) is 0 Å². The fourth-order valence-electron chi connectivity index (χ4n) is 7.68. The van der Waals surface area contributed by atoms with Crippen LogP contribution in [0, 0.1) is 0 Å². The topological polar surface area (TPSA) is 47.9 Å². The van der Waals surface area contributed by atoms with Crippen molar-refractivity contribution in [2.24, 2.45) is 0 Å². The molecule has 4 heteroatoms. The van der Waals surface area contributed by atoms with Crippen LogP contribution in [0.2, 0.25) is 0 Å². The van der Waals surface area contributed by atoms with Crippen LogP contribution in [0.15, 0.2) is 164 Å². The number of rotatable bonds is 3. The maximum Gasteiger partial charge on any atom is 0.164 e. The van der Waals surface area contributed by atoms with Crippen LogP contribution >= 0.6 is 0 Å². The molecule has 8 aromatic rings. The monoisotopic (exact) mass is 613 g/mol. The molecule has 2 aliphatic rings. The predicted octanol–water partition coefficient (Wildman–Crippen LogP) is 10.5. The van der Waals surface area contributed by atoms with Gasteiger partial charge in [0.15, 0.2) is 17.5 Å². The molecule has 0 saturated carbocycles. The van der Waals surface area contributed by atoms with Crippen molar-refractivity contribution in [2.45, 2.75) is 5.41 Å². The second-order valence-corrected chi connectivity index (χ2v) is 12.4. The molecule has 1 aromatic heterocycles. The third-order valence-electron chi connectivity index (χ3n) is 9.76. The van der Waals surface area contributed by atoms with Crippen molar-refractivity contribution < 1.29 is 4.74 Å². The highest BCUT2D eigenvalue weighted by atomic mass is 16.5. The molecule has 0 fully saturated rings. The van der Waals surface area contributed by atoms with Crippen LogP contribution in [-0.2, 0) is 5.41 Å². The smallest absolute Gasteiger partial charge is 0.164 e. The highest BCUT2D eigenvalue weighted by Crippen LogP contribution is 2.62. The highest BCUT2D eigenvalue weighted by Gasteiger charge is 2.50. The average molecular weight is 614 g/mol. The number of fused-ring (bicyclic) bond motifs is 10. The van der Waals surface area contributed by atoms with E-state index in [0.717, 1.165) is 50.1 Å². The van der Waals surface area contributed by atoms with Crippen molar-refractivity contribution in [1.29, 1.82) is 0 Å². The van der Waals surface area contributed by atoms with E-state index in [4.69, 9.17) is 19.7 Å². The van der Waals surface area contributed by atoms with Gasteiger partial charge in [0.1, 0.15) is 11.5 Å². The molecule has 1 spiro atoms. The fourth-order valence-corrected chi connectivity index (χ4v) is 7.68. The zero-order chi connectivity index (χ0) is 31.7. The zero-order valence-electron chi connectivity index (χ0n) is 25.8. The molecule has 0 N–H and O–H groups in total. The van der Waals surface area contributed by atoms with Crippen LogP contribution in [0.4, 0.5) is 0 Å². The van der Waals surface area contributed by atoms with Gasteiger partial charge < -0.3 is 4.74 Å². The average Bonchev–Trinajstić information content (AvgIpc) is 3.45. The van der Waals surface area contributed by atoms with E-state index in [-0.39, 0.29) is 0 Å². The Morgan fingerprint density at radius 1 is 0.354 bits per heavy atom. The van der Waals surface area contributed by atoms with Crippen molar-refractivity contribution in [1.82, 2.24) is 15.0 Å². The summed E-state index contributed by atoms with van der Waals surface area (Å²) in [6.07, 6.45) is 0. The van der Waals surface area contributed by atoms with Crippen molar-refractivity contribution in [3.8, 4) is 56.8 Å². The first-order valence-corrected chi connectivity index (χ1v) is 16.2. The predicted molar refractivity (Wildman–Crippen MR) is 191 cm³/mol. The molecule has 0 atom stereocenters. The van der Waals surface area contributed by atoms with Crippen LogP contribution in [0.5, 0.6) is 11.5 Å². The van der Waals surface area contributed by atoms with Gasteiger partial charge >= 0.3 is 0 Å². The van der Waals surface area contributed by atoms with E-state index >= 15 is 0 Å². The van der Waals surface area contributed by atoms with Gasteiger partial charge in [0, 0.05) is 27.8 Å². The second-order valence-electron chi connectivity index (χ2n) is 12.4. The lowest BCUT2D eigenvalue weighted by atomic mass is 9.66. The van der Waals surface area contributed by atoms with Gasteiger partial charge in [0.05, 0.1) is 5.41 Å². The molecule has 0 bridgehead atoms. The molecular weight excluding hydrogens is 587 g/mol. The maximum atomic E-state index is 6.76. The summed E-state index contributed by atoms with van der Waals surface area (Å²) >= 11 is 0. The molecule has 224 valence electrons. The van der Waals surface area contributed by atoms with Crippen molar-refractivity contribution in [2.75, 3.05) is 0 Å². The molecule has 4 nitrogen and oxygen atoms in total. The molecule has 0 unspecified atom stereocenters. The van der Waals surface area contributed by atoms with E-state index in [9.17, 15) is 0 Å². The summed E-state index contributed by atoms with van der Waals surface area (Å²) in [5.41, 5.74) is 9.74. The number of ether oxygens (including phenoxy) is 1. The quantitative estimate of drug-likeness (QED) is 0.199. The summed E-state index contributed by atoms with van der Waals surface area (Å²) in [5.74, 6) is 3.65. The standard InChI is InChI=1S/C44H27N3O/c1-3-13-28(14-4-1)41-45-42(29-15-5-2-6-16-29)47-43(46-41)31-24-23-30-26-38-40(27-32(30)25-31)48-39-22-12-11-21-37(39)44(38)35-19-9-7-17-33(35)34-18-8-10-20-36(34)44/h1-27H. The molecule has 0 radical (unpaired) electrons. The van der Waals surface area contributed by atoms with Crippen molar-refractivity contribution >= 4 is 10.8 Å². The Hall–Kier alpha value is -6.39. The van der Waals surface area contributed by atoms with E-state index in [2.05, 4.69) is 103 Å². The maximum absolute atomic E-state index is 6.76. The summed E-state index contributed by atoms with van der Waals surface area (Å²) in [7, 11) is 0. The molecule has 1 aliphatic heterocycles. The molecule has 2 heterocycles. The van der Waals surface area contributed by atoms with Gasteiger partial charge in [0.2, 0.25) is 0 Å². The summed E-state index contributed by atoms with van der Waals surface area (Å²) < 4.78 is 6.76.